The van der Waals surface area contributed by atoms with E-state index in [9.17, 15) is 4.79 Å². The molecule has 2 aromatic heterocycles. The zero-order valence-corrected chi connectivity index (χ0v) is 20.6. The highest BCUT2D eigenvalue weighted by Gasteiger charge is 2.23. The van der Waals surface area contributed by atoms with E-state index < -0.39 is 0 Å². The Labute approximate surface area is 192 Å². The topological polar surface area (TPSA) is 56.7 Å². The van der Waals surface area contributed by atoms with E-state index in [1.165, 1.54) is 15.3 Å². The van der Waals surface area contributed by atoms with Gasteiger partial charge in [0.05, 0.1) is 0 Å². The second kappa shape index (κ2) is 10.6. The van der Waals surface area contributed by atoms with Crippen molar-refractivity contribution in [3.8, 4) is 0 Å². The highest BCUT2D eigenvalue weighted by Crippen LogP contribution is 2.26. The maximum Gasteiger partial charge on any atom is 0.244 e. The lowest BCUT2D eigenvalue weighted by Gasteiger charge is -2.27. The molecular formula is C20H29IN4OS2. The number of amides is 1. The van der Waals surface area contributed by atoms with Crippen LogP contribution < -0.4 is 10.6 Å². The lowest BCUT2D eigenvalue weighted by molar-refractivity contribution is -0.130. The average molecular weight is 533 g/mol. The molecule has 1 aliphatic rings. The van der Waals surface area contributed by atoms with Crippen LogP contribution >= 0.6 is 46.7 Å². The molecule has 0 aromatic carbocycles. The highest BCUT2D eigenvalue weighted by atomic mass is 127. The first kappa shape index (κ1) is 23.2. The van der Waals surface area contributed by atoms with Gasteiger partial charge in [-0.05, 0) is 41.8 Å². The number of carbonyl (C=O) groups excluding carboxylic acids is 1. The van der Waals surface area contributed by atoms with E-state index >= 15 is 0 Å². The van der Waals surface area contributed by atoms with Gasteiger partial charge >= 0.3 is 0 Å². The summed E-state index contributed by atoms with van der Waals surface area (Å²) in [5, 5.41) is 10.9. The van der Waals surface area contributed by atoms with Crippen LogP contribution in [-0.4, -0.2) is 42.9 Å². The fourth-order valence-corrected chi connectivity index (χ4v) is 4.85. The fraction of sp³-hybridized carbons (Fsp3) is 0.500. The Bertz CT molecular complexity index is 786. The van der Waals surface area contributed by atoms with E-state index in [-0.39, 0.29) is 41.8 Å². The van der Waals surface area contributed by atoms with Gasteiger partial charge in [0.2, 0.25) is 5.91 Å². The number of nitrogens with one attached hydrogen (secondary N) is 2. The number of aliphatic imine (C=N–C) groups is 1. The van der Waals surface area contributed by atoms with Crippen LogP contribution in [0.5, 0.6) is 0 Å². The summed E-state index contributed by atoms with van der Waals surface area (Å²) in [6, 6.07) is 6.37. The number of hydrogen-bond donors (Lipinski definition) is 2. The largest absolute Gasteiger partial charge is 0.357 e. The van der Waals surface area contributed by atoms with Crippen LogP contribution in [0.15, 0.2) is 34.0 Å². The van der Waals surface area contributed by atoms with Crippen molar-refractivity contribution in [1.29, 1.82) is 0 Å². The van der Waals surface area contributed by atoms with Crippen molar-refractivity contribution in [2.45, 2.75) is 39.2 Å². The smallest absolute Gasteiger partial charge is 0.244 e. The molecule has 0 atom stereocenters. The summed E-state index contributed by atoms with van der Waals surface area (Å²) in [6.07, 6.45) is 0.954. The summed E-state index contributed by atoms with van der Waals surface area (Å²) >= 11 is 3.55. The Morgan fingerprint density at radius 3 is 2.79 bits per heavy atom. The van der Waals surface area contributed by atoms with E-state index in [4.69, 9.17) is 0 Å². The average Bonchev–Trinajstić information content (AvgIpc) is 3.35. The highest BCUT2D eigenvalue weighted by molar-refractivity contribution is 14.0. The SMILES string of the molecule is CCNC(=NCC(=O)N1CCc2sccc2C1)NCC(C)(C)c1cccs1.I. The Balaban J connectivity index is 0.00000280. The van der Waals surface area contributed by atoms with Gasteiger partial charge in [-0.1, -0.05) is 19.9 Å². The van der Waals surface area contributed by atoms with E-state index in [0.29, 0.717) is 12.5 Å². The van der Waals surface area contributed by atoms with Gasteiger partial charge in [0.25, 0.3) is 0 Å². The van der Waals surface area contributed by atoms with Crippen molar-refractivity contribution in [3.63, 3.8) is 0 Å². The summed E-state index contributed by atoms with van der Waals surface area (Å²) in [5.41, 5.74) is 1.29. The van der Waals surface area contributed by atoms with E-state index in [0.717, 1.165) is 26.1 Å². The quantitative estimate of drug-likeness (QED) is 0.338. The maximum atomic E-state index is 12.6. The summed E-state index contributed by atoms with van der Waals surface area (Å²) < 4.78 is 0. The number of guanidine groups is 1. The van der Waals surface area contributed by atoms with Crippen LogP contribution in [0.4, 0.5) is 0 Å². The molecule has 0 saturated heterocycles. The lowest BCUT2D eigenvalue weighted by atomic mass is 9.91. The molecule has 5 nitrogen and oxygen atoms in total. The summed E-state index contributed by atoms with van der Waals surface area (Å²) in [7, 11) is 0. The molecule has 2 N–H and O–H groups in total. The van der Waals surface area contributed by atoms with Gasteiger partial charge in [0, 0.05) is 41.3 Å². The molecule has 1 amide bonds. The molecule has 154 valence electrons. The van der Waals surface area contributed by atoms with Gasteiger partial charge in [-0.15, -0.1) is 46.7 Å². The molecule has 2 aromatic rings. The molecule has 0 spiro atoms. The number of carbonyl (C=O) groups is 1. The molecule has 0 fully saturated rings. The number of halogens is 1. The monoisotopic (exact) mass is 532 g/mol. The third-order valence-electron chi connectivity index (χ3n) is 4.76. The normalized spacial score (nSPS) is 14.2. The number of thiophene rings is 2. The van der Waals surface area contributed by atoms with Crippen LogP contribution in [0.1, 0.15) is 36.1 Å². The third kappa shape index (κ3) is 5.93. The predicted molar refractivity (Wildman–Crippen MR) is 130 cm³/mol. The predicted octanol–water partition coefficient (Wildman–Crippen LogP) is 3.85. The van der Waals surface area contributed by atoms with Gasteiger partial charge in [-0.3, -0.25) is 4.79 Å². The zero-order chi connectivity index (χ0) is 19.3. The van der Waals surface area contributed by atoms with Crippen molar-refractivity contribution in [3.05, 3.63) is 44.3 Å². The molecule has 3 heterocycles. The summed E-state index contributed by atoms with van der Waals surface area (Å²) in [5.74, 6) is 0.783. The van der Waals surface area contributed by atoms with E-state index in [2.05, 4.69) is 58.4 Å². The first-order valence-corrected chi connectivity index (χ1v) is 11.1. The fourth-order valence-electron chi connectivity index (χ4n) is 3.11. The first-order valence-electron chi connectivity index (χ1n) is 9.39. The molecule has 0 radical (unpaired) electrons. The molecule has 0 aliphatic carbocycles. The third-order valence-corrected chi connectivity index (χ3v) is 7.02. The van der Waals surface area contributed by atoms with Gasteiger partial charge in [0.15, 0.2) is 5.96 Å². The van der Waals surface area contributed by atoms with E-state index in [1.807, 2.05) is 11.8 Å². The first-order chi connectivity index (χ1) is 13.0. The molecule has 0 unspecified atom stereocenters. The minimum Gasteiger partial charge on any atom is -0.357 e. The Morgan fingerprint density at radius 2 is 2.07 bits per heavy atom. The van der Waals surface area contributed by atoms with Gasteiger partial charge in [0.1, 0.15) is 6.54 Å². The van der Waals surface area contributed by atoms with Crippen LogP contribution in [-0.2, 0) is 23.2 Å². The van der Waals surface area contributed by atoms with Crippen molar-refractivity contribution in [2.24, 2.45) is 4.99 Å². The molecule has 28 heavy (non-hydrogen) atoms. The summed E-state index contributed by atoms with van der Waals surface area (Å²) in [6.45, 7) is 9.66. The van der Waals surface area contributed by atoms with Gasteiger partial charge in [-0.2, -0.15) is 0 Å². The summed E-state index contributed by atoms with van der Waals surface area (Å²) in [4.78, 5) is 21.8. The molecule has 0 saturated carbocycles. The minimum atomic E-state index is 0. The van der Waals surface area contributed by atoms with Gasteiger partial charge in [-0.25, -0.2) is 4.99 Å². The number of rotatable bonds is 6. The lowest BCUT2D eigenvalue weighted by Crippen LogP contribution is -2.44. The number of fused-ring (bicyclic) bond motifs is 1. The van der Waals surface area contributed by atoms with Crippen LogP contribution in [0.3, 0.4) is 0 Å². The van der Waals surface area contributed by atoms with Crippen molar-refractivity contribution < 1.29 is 4.79 Å². The molecule has 1 aliphatic heterocycles. The molecule has 0 bridgehead atoms. The van der Waals surface area contributed by atoms with Gasteiger partial charge < -0.3 is 15.5 Å². The molecule has 3 rings (SSSR count). The minimum absolute atomic E-state index is 0. The second-order valence-corrected chi connectivity index (χ2v) is 9.29. The Morgan fingerprint density at radius 1 is 1.25 bits per heavy atom. The van der Waals surface area contributed by atoms with Crippen molar-refractivity contribution in [1.82, 2.24) is 15.5 Å². The van der Waals surface area contributed by atoms with Crippen LogP contribution in [0.25, 0.3) is 0 Å². The Kier molecular flexibility index (Phi) is 8.76. The number of hydrogen-bond acceptors (Lipinski definition) is 4. The standard InChI is InChI=1S/C20H28N4OS2.HI/c1-4-21-19(23-14-20(2,3)17-6-5-10-27-17)22-12-18(25)24-9-7-16-15(13-24)8-11-26-16;/h5-6,8,10-11H,4,7,9,12-14H2,1-3H3,(H2,21,22,23);1H. The van der Waals surface area contributed by atoms with E-state index in [1.54, 1.807) is 22.7 Å². The maximum absolute atomic E-state index is 12.6. The zero-order valence-electron chi connectivity index (χ0n) is 16.7. The molecule has 8 heteroatoms. The second-order valence-electron chi connectivity index (χ2n) is 7.34. The Hall–Kier alpha value is -1.13. The van der Waals surface area contributed by atoms with Crippen molar-refractivity contribution in [2.75, 3.05) is 26.2 Å². The number of nitrogens with zero attached hydrogens (tertiary/aromatic N) is 2. The van der Waals surface area contributed by atoms with Crippen LogP contribution in [0.2, 0.25) is 0 Å². The van der Waals surface area contributed by atoms with Crippen molar-refractivity contribution >= 4 is 58.5 Å². The molecular weight excluding hydrogens is 503 g/mol. The van der Waals surface area contributed by atoms with Crippen LogP contribution in [0, 0.1) is 0 Å².